The number of hydrogen-bond donors (Lipinski definition) is 6. The maximum atomic E-state index is 12.1. The van der Waals surface area contributed by atoms with Gasteiger partial charge in [0.25, 0.3) is 0 Å². The molecule has 0 aliphatic carbocycles. The number of aliphatic hydroxyl groups excluding tert-OH is 2. The molecule has 0 radical (unpaired) electrons. The molecule has 1 aromatic rings. The fourth-order valence-electron chi connectivity index (χ4n) is 5.18. The SMILES string of the molecule is CC(CC[C@]12O[C@H](C(=O)O)[C@@](O)(C(=O)O)[C@](C(=O)O)(O1)[C@H](O)[C@H]2O)C[C@@H](C)Cc1ccccc1. The Labute approximate surface area is 195 Å². The maximum absolute atomic E-state index is 12.1. The first-order valence-corrected chi connectivity index (χ1v) is 11.0. The highest BCUT2D eigenvalue weighted by Crippen LogP contribution is 2.54. The van der Waals surface area contributed by atoms with Gasteiger partial charge in [0.1, 0.15) is 12.2 Å². The highest BCUT2D eigenvalue weighted by atomic mass is 16.8. The summed E-state index contributed by atoms with van der Waals surface area (Å²) in [5.74, 6) is -8.47. The van der Waals surface area contributed by atoms with Gasteiger partial charge in [0.15, 0.2) is 5.79 Å². The third-order valence-corrected chi connectivity index (χ3v) is 6.85. The van der Waals surface area contributed by atoms with E-state index >= 15 is 0 Å². The Morgan fingerprint density at radius 2 is 1.59 bits per heavy atom. The van der Waals surface area contributed by atoms with E-state index in [1.54, 1.807) is 0 Å². The minimum Gasteiger partial charge on any atom is -0.479 e. The van der Waals surface area contributed by atoms with Crippen molar-refractivity contribution in [3.63, 3.8) is 0 Å². The zero-order chi connectivity index (χ0) is 25.5. The van der Waals surface area contributed by atoms with Gasteiger partial charge in [-0.3, -0.25) is 0 Å². The molecule has 1 aromatic carbocycles. The third-order valence-electron chi connectivity index (χ3n) is 6.85. The van der Waals surface area contributed by atoms with Crippen LogP contribution in [0.3, 0.4) is 0 Å². The standard InChI is InChI=1S/C23H30O11/c1-12(10-13(2)11-14-6-4-3-5-7-14)8-9-21-15(24)16(25)23(34-21,20(30)31)22(32,19(28)29)17(33-21)18(26)27/h3-7,12-13,15-17,24-25,32H,8-11H2,1-2H3,(H,26,27)(H,28,29)(H,30,31)/t12?,13-,15-,16-,17-,21+,22-,23+/m1/s1. The van der Waals surface area contributed by atoms with Crippen LogP contribution in [0.5, 0.6) is 0 Å². The Morgan fingerprint density at radius 1 is 0.971 bits per heavy atom. The van der Waals surface area contributed by atoms with Gasteiger partial charge in [-0.25, -0.2) is 14.4 Å². The zero-order valence-corrected chi connectivity index (χ0v) is 18.8. The molecule has 3 rings (SSSR count). The first-order chi connectivity index (χ1) is 15.8. The van der Waals surface area contributed by atoms with E-state index in [-0.39, 0.29) is 24.7 Å². The number of carbonyl (C=O) groups is 3. The lowest BCUT2D eigenvalue weighted by atomic mass is 9.74. The largest absolute Gasteiger partial charge is 0.479 e. The Hall–Kier alpha value is -2.57. The Balaban J connectivity index is 1.82. The van der Waals surface area contributed by atoms with Crippen molar-refractivity contribution in [3.8, 4) is 0 Å². The van der Waals surface area contributed by atoms with Gasteiger partial charge < -0.3 is 40.1 Å². The van der Waals surface area contributed by atoms with E-state index in [1.807, 2.05) is 37.3 Å². The second-order valence-electron chi connectivity index (χ2n) is 9.43. The summed E-state index contributed by atoms with van der Waals surface area (Å²) < 4.78 is 10.6. The highest BCUT2D eigenvalue weighted by molar-refractivity contribution is 5.97. The van der Waals surface area contributed by atoms with E-state index in [9.17, 15) is 45.0 Å². The summed E-state index contributed by atoms with van der Waals surface area (Å²) in [7, 11) is 0. The van der Waals surface area contributed by atoms with Crippen LogP contribution in [0.15, 0.2) is 30.3 Å². The van der Waals surface area contributed by atoms with E-state index in [0.29, 0.717) is 0 Å². The fraction of sp³-hybridized carbons (Fsp3) is 0.609. The van der Waals surface area contributed by atoms with E-state index in [1.165, 1.54) is 0 Å². The van der Waals surface area contributed by atoms with Crippen LogP contribution in [0.25, 0.3) is 0 Å². The molecule has 0 saturated carbocycles. The van der Waals surface area contributed by atoms with Crippen LogP contribution in [-0.4, -0.2) is 83.8 Å². The fourth-order valence-corrected chi connectivity index (χ4v) is 5.18. The van der Waals surface area contributed by atoms with Crippen molar-refractivity contribution >= 4 is 17.9 Å². The molecule has 1 unspecified atom stereocenters. The molecule has 0 aromatic heterocycles. The topological polar surface area (TPSA) is 191 Å². The van der Waals surface area contributed by atoms with Gasteiger partial charge in [-0.15, -0.1) is 0 Å². The minimum absolute atomic E-state index is 0.00646. The number of fused-ring (bicyclic) bond motifs is 2. The van der Waals surface area contributed by atoms with Crippen LogP contribution < -0.4 is 0 Å². The number of carboxylic acid groups (broad SMARTS) is 3. The number of benzene rings is 1. The van der Waals surface area contributed by atoms with E-state index in [2.05, 4.69) is 6.92 Å². The van der Waals surface area contributed by atoms with Crippen LogP contribution in [0.2, 0.25) is 0 Å². The van der Waals surface area contributed by atoms with Crippen LogP contribution in [0, 0.1) is 11.8 Å². The lowest BCUT2D eigenvalue weighted by molar-refractivity contribution is -0.374. The van der Waals surface area contributed by atoms with E-state index in [0.717, 1.165) is 18.4 Å². The molecule has 6 N–H and O–H groups in total. The van der Waals surface area contributed by atoms with Gasteiger partial charge in [-0.2, -0.15) is 0 Å². The van der Waals surface area contributed by atoms with Crippen LogP contribution in [0.4, 0.5) is 0 Å². The van der Waals surface area contributed by atoms with Gasteiger partial charge in [0.2, 0.25) is 17.3 Å². The average molecular weight is 482 g/mol. The van der Waals surface area contributed by atoms with Crippen molar-refractivity contribution in [1.29, 1.82) is 0 Å². The number of rotatable bonds is 10. The Kier molecular flexibility index (Phi) is 7.07. The molecule has 11 nitrogen and oxygen atoms in total. The molecular weight excluding hydrogens is 452 g/mol. The first-order valence-electron chi connectivity index (χ1n) is 11.0. The normalized spacial score (nSPS) is 36.6. The molecule has 2 bridgehead atoms. The van der Waals surface area contributed by atoms with Gasteiger partial charge >= 0.3 is 17.9 Å². The summed E-state index contributed by atoms with van der Waals surface area (Å²) in [4.78, 5) is 35.8. The third kappa shape index (κ3) is 3.97. The van der Waals surface area contributed by atoms with Crippen molar-refractivity contribution in [2.45, 2.75) is 74.8 Å². The number of carboxylic acids is 3. The molecule has 2 fully saturated rings. The molecule has 2 aliphatic rings. The van der Waals surface area contributed by atoms with E-state index in [4.69, 9.17) is 9.47 Å². The highest BCUT2D eigenvalue weighted by Gasteiger charge is 2.84. The summed E-state index contributed by atoms with van der Waals surface area (Å²) in [5, 5.41) is 60.8. The van der Waals surface area contributed by atoms with Crippen molar-refractivity contribution in [3.05, 3.63) is 35.9 Å². The second kappa shape index (κ2) is 9.23. The summed E-state index contributed by atoms with van der Waals surface area (Å²) in [6, 6.07) is 9.85. The molecular formula is C23H30O11. The predicted molar refractivity (Wildman–Crippen MR) is 114 cm³/mol. The minimum atomic E-state index is -3.71. The van der Waals surface area contributed by atoms with Gasteiger partial charge in [0, 0.05) is 6.42 Å². The van der Waals surface area contributed by atoms with Crippen molar-refractivity contribution in [2.75, 3.05) is 0 Å². The number of hydrogen-bond acceptors (Lipinski definition) is 8. The smallest absolute Gasteiger partial charge is 0.343 e. The molecule has 11 heteroatoms. The zero-order valence-electron chi connectivity index (χ0n) is 18.8. The van der Waals surface area contributed by atoms with Crippen molar-refractivity contribution in [1.82, 2.24) is 0 Å². The first kappa shape index (κ1) is 26.0. The van der Waals surface area contributed by atoms with Gasteiger partial charge in [-0.05, 0) is 36.7 Å². The molecule has 0 amide bonds. The van der Waals surface area contributed by atoms with Crippen molar-refractivity contribution < 1.29 is 54.5 Å². The number of aliphatic carboxylic acids is 3. The quantitative estimate of drug-likeness (QED) is 0.268. The maximum Gasteiger partial charge on any atom is 0.343 e. The molecule has 2 aliphatic heterocycles. The van der Waals surface area contributed by atoms with Crippen LogP contribution in [0.1, 0.15) is 38.7 Å². The van der Waals surface area contributed by atoms with Crippen molar-refractivity contribution in [2.24, 2.45) is 11.8 Å². The molecule has 2 saturated heterocycles. The monoisotopic (exact) mass is 482 g/mol. The number of aliphatic hydroxyl groups is 3. The lowest BCUT2D eigenvalue weighted by Gasteiger charge is -2.48. The number of ether oxygens (including phenoxy) is 2. The van der Waals surface area contributed by atoms with E-state index < -0.39 is 53.2 Å². The van der Waals surface area contributed by atoms with Gasteiger partial charge in [0.05, 0.1) is 0 Å². The summed E-state index contributed by atoms with van der Waals surface area (Å²) in [6.07, 6.45) is -5.62. The summed E-state index contributed by atoms with van der Waals surface area (Å²) in [6.45, 7) is 3.97. The van der Waals surface area contributed by atoms with Gasteiger partial charge in [-0.1, -0.05) is 44.2 Å². The summed E-state index contributed by atoms with van der Waals surface area (Å²) in [5.41, 5.74) is -5.90. The molecule has 2 heterocycles. The molecule has 188 valence electrons. The average Bonchev–Trinajstić information content (AvgIpc) is 2.96. The Morgan fingerprint density at radius 3 is 2.12 bits per heavy atom. The lowest BCUT2D eigenvalue weighted by Crippen LogP contribution is -2.77. The van der Waals surface area contributed by atoms with Crippen LogP contribution in [-0.2, 0) is 30.3 Å². The molecule has 8 atom stereocenters. The molecule has 0 spiro atoms. The summed E-state index contributed by atoms with van der Waals surface area (Å²) >= 11 is 0. The predicted octanol–water partition coefficient (Wildman–Crippen LogP) is 0.242. The molecule has 34 heavy (non-hydrogen) atoms. The second-order valence-corrected chi connectivity index (χ2v) is 9.43. The Bertz CT molecular complexity index is 936. The van der Waals surface area contributed by atoms with Crippen LogP contribution >= 0.6 is 0 Å².